The molecule has 1 aromatic carbocycles. The first-order chi connectivity index (χ1) is 11.1. The first-order valence-corrected chi connectivity index (χ1v) is 9.23. The van der Waals surface area contributed by atoms with Gasteiger partial charge in [0, 0.05) is 13.1 Å². The van der Waals surface area contributed by atoms with E-state index in [0.29, 0.717) is 31.6 Å². The minimum absolute atomic E-state index is 0.0382. The van der Waals surface area contributed by atoms with Gasteiger partial charge >= 0.3 is 0 Å². The fraction of sp³-hybridized carbons (Fsp3) is 0.467. The molecule has 1 aliphatic heterocycles. The molecule has 0 bridgehead atoms. The van der Waals surface area contributed by atoms with E-state index in [1.165, 1.54) is 0 Å². The molecule has 23 heavy (non-hydrogen) atoms. The molecule has 2 aromatic rings. The SMILES string of the molecule is O=S(=O)(Cc1ccccc1)N1CCC(n2cc(CO)nn2)CC1. The van der Waals surface area contributed by atoms with Gasteiger partial charge in [-0.3, -0.25) is 0 Å². The summed E-state index contributed by atoms with van der Waals surface area (Å²) in [5.41, 5.74) is 1.34. The third-order valence-corrected chi connectivity index (χ3v) is 5.95. The Kier molecular flexibility index (Phi) is 4.74. The van der Waals surface area contributed by atoms with Gasteiger partial charge in [-0.1, -0.05) is 35.5 Å². The average Bonchev–Trinajstić information content (AvgIpc) is 3.05. The molecule has 0 spiro atoms. The van der Waals surface area contributed by atoms with Crippen molar-refractivity contribution in [3.8, 4) is 0 Å². The van der Waals surface area contributed by atoms with Gasteiger partial charge in [-0.25, -0.2) is 17.4 Å². The van der Waals surface area contributed by atoms with Crippen molar-refractivity contribution in [2.75, 3.05) is 13.1 Å². The normalized spacial score (nSPS) is 17.4. The fourth-order valence-electron chi connectivity index (χ4n) is 2.83. The second-order valence-electron chi connectivity index (χ2n) is 5.72. The van der Waals surface area contributed by atoms with Gasteiger partial charge in [-0.15, -0.1) is 5.10 Å². The van der Waals surface area contributed by atoms with Crippen LogP contribution in [0.4, 0.5) is 0 Å². The molecule has 8 heteroatoms. The van der Waals surface area contributed by atoms with Crippen LogP contribution < -0.4 is 0 Å². The summed E-state index contributed by atoms with van der Waals surface area (Å²) in [6.45, 7) is 0.826. The van der Waals surface area contributed by atoms with Crippen LogP contribution in [0.5, 0.6) is 0 Å². The summed E-state index contributed by atoms with van der Waals surface area (Å²) in [5, 5.41) is 16.9. The van der Waals surface area contributed by atoms with Crippen molar-refractivity contribution in [2.24, 2.45) is 0 Å². The topological polar surface area (TPSA) is 88.3 Å². The number of sulfonamides is 1. The monoisotopic (exact) mass is 336 g/mol. The lowest BCUT2D eigenvalue weighted by atomic mass is 10.1. The molecule has 2 heterocycles. The Labute approximate surface area is 135 Å². The van der Waals surface area contributed by atoms with Gasteiger partial charge in [0.2, 0.25) is 10.0 Å². The molecule has 124 valence electrons. The molecule has 0 unspecified atom stereocenters. The first kappa shape index (κ1) is 16.1. The molecule has 3 rings (SSSR count). The number of hydrogen-bond acceptors (Lipinski definition) is 5. The maximum absolute atomic E-state index is 12.5. The molecular formula is C15H20N4O3S. The van der Waals surface area contributed by atoms with E-state index < -0.39 is 10.0 Å². The molecule has 1 N–H and O–H groups in total. The third kappa shape index (κ3) is 3.77. The smallest absolute Gasteiger partial charge is 0.218 e. The predicted molar refractivity (Wildman–Crippen MR) is 84.9 cm³/mol. The van der Waals surface area contributed by atoms with E-state index in [2.05, 4.69) is 10.3 Å². The molecule has 1 fully saturated rings. The van der Waals surface area contributed by atoms with Crippen molar-refractivity contribution in [3.63, 3.8) is 0 Å². The van der Waals surface area contributed by atoms with Crippen LogP contribution in [0, 0.1) is 0 Å². The highest BCUT2D eigenvalue weighted by molar-refractivity contribution is 7.88. The Balaban J connectivity index is 1.61. The number of aliphatic hydroxyl groups is 1. The molecule has 0 saturated carbocycles. The number of aromatic nitrogens is 3. The van der Waals surface area contributed by atoms with Crippen molar-refractivity contribution in [3.05, 3.63) is 47.8 Å². The lowest BCUT2D eigenvalue weighted by molar-refractivity contribution is 0.258. The fourth-order valence-corrected chi connectivity index (χ4v) is 4.39. The summed E-state index contributed by atoms with van der Waals surface area (Å²) in [5.74, 6) is 0.0382. The maximum atomic E-state index is 12.5. The summed E-state index contributed by atoms with van der Waals surface area (Å²) < 4.78 is 28.3. The van der Waals surface area contributed by atoms with E-state index in [0.717, 1.165) is 5.56 Å². The number of rotatable bonds is 5. The van der Waals surface area contributed by atoms with Gasteiger partial charge in [0.15, 0.2) is 0 Å². The average molecular weight is 336 g/mol. The summed E-state index contributed by atoms with van der Waals surface area (Å²) >= 11 is 0. The predicted octanol–water partition coefficient (Wildman–Crippen LogP) is 0.937. The van der Waals surface area contributed by atoms with Crippen LogP contribution in [0.15, 0.2) is 36.5 Å². The summed E-state index contributed by atoms with van der Waals surface area (Å²) in [7, 11) is -3.29. The summed E-state index contributed by atoms with van der Waals surface area (Å²) in [6.07, 6.45) is 3.11. The third-order valence-electron chi connectivity index (χ3n) is 4.10. The van der Waals surface area contributed by atoms with E-state index in [1.54, 1.807) is 15.2 Å². The molecular weight excluding hydrogens is 316 g/mol. The van der Waals surface area contributed by atoms with Gasteiger partial charge in [-0.05, 0) is 18.4 Å². The molecule has 0 radical (unpaired) electrons. The van der Waals surface area contributed by atoms with Gasteiger partial charge in [-0.2, -0.15) is 0 Å². The standard InChI is InChI=1S/C15H20N4O3S/c20-11-14-10-19(17-16-14)15-6-8-18(9-7-15)23(21,22)12-13-4-2-1-3-5-13/h1-5,10,15,20H,6-9,11-12H2. The van der Waals surface area contributed by atoms with Crippen LogP contribution in [-0.4, -0.2) is 45.9 Å². The van der Waals surface area contributed by atoms with E-state index >= 15 is 0 Å². The Morgan fingerprint density at radius 3 is 2.48 bits per heavy atom. The van der Waals surface area contributed by atoms with E-state index in [9.17, 15) is 8.42 Å². The number of aliphatic hydroxyl groups excluding tert-OH is 1. The summed E-state index contributed by atoms with van der Waals surface area (Å²) in [6, 6.07) is 9.36. The zero-order chi connectivity index (χ0) is 16.3. The zero-order valence-electron chi connectivity index (χ0n) is 12.7. The maximum Gasteiger partial charge on any atom is 0.218 e. The van der Waals surface area contributed by atoms with E-state index in [4.69, 9.17) is 5.11 Å². The van der Waals surface area contributed by atoms with E-state index in [-0.39, 0.29) is 18.4 Å². The second-order valence-corrected chi connectivity index (χ2v) is 7.69. The van der Waals surface area contributed by atoms with Crippen LogP contribution in [0.3, 0.4) is 0 Å². The van der Waals surface area contributed by atoms with Crippen molar-refractivity contribution in [1.82, 2.24) is 19.3 Å². The van der Waals surface area contributed by atoms with E-state index in [1.807, 2.05) is 30.3 Å². The highest BCUT2D eigenvalue weighted by Crippen LogP contribution is 2.24. The molecule has 0 atom stereocenters. The zero-order valence-corrected chi connectivity index (χ0v) is 13.6. The number of piperidine rings is 1. The molecule has 0 aliphatic carbocycles. The Bertz CT molecular complexity index is 737. The lowest BCUT2D eigenvalue weighted by Gasteiger charge is -2.31. The molecule has 0 amide bonds. The first-order valence-electron chi connectivity index (χ1n) is 7.62. The van der Waals surface area contributed by atoms with Crippen LogP contribution in [0.25, 0.3) is 0 Å². The van der Waals surface area contributed by atoms with Crippen molar-refractivity contribution in [1.29, 1.82) is 0 Å². The summed E-state index contributed by atoms with van der Waals surface area (Å²) in [4.78, 5) is 0. The molecule has 1 aliphatic rings. The molecule has 1 saturated heterocycles. The van der Waals surface area contributed by atoms with Gasteiger partial charge in [0.1, 0.15) is 5.69 Å². The highest BCUT2D eigenvalue weighted by atomic mass is 32.2. The van der Waals surface area contributed by atoms with Gasteiger partial charge in [0.05, 0.1) is 24.6 Å². The molecule has 1 aromatic heterocycles. The lowest BCUT2D eigenvalue weighted by Crippen LogP contribution is -2.39. The molecule has 7 nitrogen and oxygen atoms in total. The number of nitrogens with zero attached hydrogens (tertiary/aromatic N) is 4. The number of hydrogen-bond donors (Lipinski definition) is 1. The largest absolute Gasteiger partial charge is 0.390 e. The minimum Gasteiger partial charge on any atom is -0.390 e. The van der Waals surface area contributed by atoms with Gasteiger partial charge in [0.25, 0.3) is 0 Å². The quantitative estimate of drug-likeness (QED) is 0.878. The Morgan fingerprint density at radius 1 is 1.17 bits per heavy atom. The van der Waals surface area contributed by atoms with Crippen LogP contribution in [0.2, 0.25) is 0 Å². The Morgan fingerprint density at radius 2 is 1.87 bits per heavy atom. The van der Waals surface area contributed by atoms with Crippen molar-refractivity contribution < 1.29 is 13.5 Å². The number of benzene rings is 1. The van der Waals surface area contributed by atoms with Crippen LogP contribution in [0.1, 0.15) is 30.1 Å². The van der Waals surface area contributed by atoms with Crippen molar-refractivity contribution in [2.45, 2.75) is 31.2 Å². The second kappa shape index (κ2) is 6.77. The minimum atomic E-state index is -3.29. The Hall–Kier alpha value is -1.77. The van der Waals surface area contributed by atoms with Crippen molar-refractivity contribution >= 4 is 10.0 Å². The van der Waals surface area contributed by atoms with Gasteiger partial charge < -0.3 is 5.11 Å². The van der Waals surface area contributed by atoms with Crippen LogP contribution in [-0.2, 0) is 22.4 Å². The highest BCUT2D eigenvalue weighted by Gasteiger charge is 2.29. The van der Waals surface area contributed by atoms with Crippen LogP contribution >= 0.6 is 0 Å².